The van der Waals surface area contributed by atoms with Crippen molar-refractivity contribution in [3.8, 4) is 11.5 Å². The fourth-order valence-electron chi connectivity index (χ4n) is 2.99. The summed E-state index contributed by atoms with van der Waals surface area (Å²) in [6, 6.07) is 4.68. The first-order chi connectivity index (χ1) is 9.63. The Morgan fingerprint density at radius 3 is 2.40 bits per heavy atom. The average molecular weight is 277 g/mol. The maximum absolute atomic E-state index is 5.40. The molecule has 1 aliphatic rings. The van der Waals surface area contributed by atoms with E-state index in [-0.39, 0.29) is 0 Å². The highest BCUT2D eigenvalue weighted by Crippen LogP contribution is 2.34. The van der Waals surface area contributed by atoms with Crippen molar-refractivity contribution in [1.82, 2.24) is 0 Å². The first kappa shape index (κ1) is 15.0. The zero-order chi connectivity index (χ0) is 14.5. The molecule has 3 heteroatoms. The molecule has 2 atom stereocenters. The third kappa shape index (κ3) is 3.59. The number of hydrogen-bond donors (Lipinski definition) is 1. The van der Waals surface area contributed by atoms with E-state index in [1.54, 1.807) is 14.2 Å². The van der Waals surface area contributed by atoms with Gasteiger partial charge in [-0.1, -0.05) is 19.8 Å². The standard InChI is InChI=1S/C17H27NO2/c1-12-6-5-7-14(9-8-12)18-15-11-17(20-4)16(19-3)10-13(15)2/h10-12,14,18H,5-9H2,1-4H3. The third-order valence-electron chi connectivity index (χ3n) is 4.35. The number of aryl methyl sites for hydroxylation is 1. The van der Waals surface area contributed by atoms with E-state index < -0.39 is 0 Å². The van der Waals surface area contributed by atoms with Crippen molar-refractivity contribution in [2.75, 3.05) is 19.5 Å². The fraction of sp³-hybridized carbons (Fsp3) is 0.647. The normalized spacial score (nSPS) is 23.0. The number of nitrogens with one attached hydrogen (secondary N) is 1. The second kappa shape index (κ2) is 6.87. The van der Waals surface area contributed by atoms with Crippen LogP contribution >= 0.6 is 0 Å². The van der Waals surface area contributed by atoms with Crippen LogP contribution in [0.1, 0.15) is 44.6 Å². The molecule has 1 aromatic rings. The topological polar surface area (TPSA) is 30.5 Å². The number of benzene rings is 1. The first-order valence-electron chi connectivity index (χ1n) is 7.63. The first-order valence-corrected chi connectivity index (χ1v) is 7.63. The van der Waals surface area contributed by atoms with Crippen LogP contribution in [0, 0.1) is 12.8 Å². The van der Waals surface area contributed by atoms with Crippen LogP contribution in [0.5, 0.6) is 11.5 Å². The molecule has 20 heavy (non-hydrogen) atoms. The highest BCUT2D eigenvalue weighted by molar-refractivity contribution is 5.60. The van der Waals surface area contributed by atoms with Gasteiger partial charge in [0.15, 0.2) is 11.5 Å². The Balaban J connectivity index is 2.12. The predicted molar refractivity (Wildman–Crippen MR) is 83.9 cm³/mol. The van der Waals surface area contributed by atoms with Crippen LogP contribution in [-0.2, 0) is 0 Å². The molecule has 0 aliphatic heterocycles. The summed E-state index contributed by atoms with van der Waals surface area (Å²) in [5, 5.41) is 3.70. The molecule has 2 unspecified atom stereocenters. The van der Waals surface area contributed by atoms with Crippen molar-refractivity contribution in [2.24, 2.45) is 5.92 Å². The quantitative estimate of drug-likeness (QED) is 0.828. The molecule has 2 rings (SSSR count). The molecule has 0 saturated heterocycles. The van der Waals surface area contributed by atoms with Crippen molar-refractivity contribution >= 4 is 5.69 Å². The molecule has 112 valence electrons. The number of rotatable bonds is 4. The predicted octanol–water partition coefficient (Wildman–Crippen LogP) is 4.39. The van der Waals surface area contributed by atoms with Crippen LogP contribution < -0.4 is 14.8 Å². The fourth-order valence-corrected chi connectivity index (χ4v) is 2.99. The van der Waals surface area contributed by atoms with Gasteiger partial charge in [0.2, 0.25) is 0 Å². The van der Waals surface area contributed by atoms with Gasteiger partial charge >= 0.3 is 0 Å². The van der Waals surface area contributed by atoms with Gasteiger partial charge in [0, 0.05) is 17.8 Å². The van der Waals surface area contributed by atoms with Gasteiger partial charge in [0.25, 0.3) is 0 Å². The summed E-state index contributed by atoms with van der Waals surface area (Å²) in [5.41, 5.74) is 2.38. The Morgan fingerprint density at radius 1 is 1.00 bits per heavy atom. The SMILES string of the molecule is COc1cc(C)c(NC2CCCC(C)CC2)cc1OC. The van der Waals surface area contributed by atoms with E-state index in [0.29, 0.717) is 6.04 Å². The van der Waals surface area contributed by atoms with E-state index in [1.165, 1.54) is 43.4 Å². The summed E-state index contributed by atoms with van der Waals surface area (Å²) >= 11 is 0. The van der Waals surface area contributed by atoms with Gasteiger partial charge in [-0.2, -0.15) is 0 Å². The maximum atomic E-state index is 5.40. The maximum Gasteiger partial charge on any atom is 0.162 e. The molecule has 1 saturated carbocycles. The lowest BCUT2D eigenvalue weighted by Gasteiger charge is -2.21. The molecule has 0 aromatic heterocycles. The summed E-state index contributed by atoms with van der Waals surface area (Å²) < 4.78 is 10.7. The zero-order valence-corrected chi connectivity index (χ0v) is 13.2. The lowest BCUT2D eigenvalue weighted by molar-refractivity contribution is 0.355. The summed E-state index contributed by atoms with van der Waals surface area (Å²) in [5.74, 6) is 2.46. The molecular weight excluding hydrogens is 250 g/mol. The van der Waals surface area contributed by atoms with Crippen LogP contribution in [0.4, 0.5) is 5.69 Å². The van der Waals surface area contributed by atoms with Gasteiger partial charge in [-0.15, -0.1) is 0 Å². The minimum atomic E-state index is 0.580. The highest BCUT2D eigenvalue weighted by Gasteiger charge is 2.17. The molecular formula is C17H27NO2. The lowest BCUT2D eigenvalue weighted by Crippen LogP contribution is -2.19. The monoisotopic (exact) mass is 277 g/mol. The van der Waals surface area contributed by atoms with Gasteiger partial charge in [0.05, 0.1) is 14.2 Å². The van der Waals surface area contributed by atoms with Crippen molar-refractivity contribution in [1.29, 1.82) is 0 Å². The van der Waals surface area contributed by atoms with Crippen LogP contribution in [0.2, 0.25) is 0 Å². The Kier molecular flexibility index (Phi) is 5.16. The largest absolute Gasteiger partial charge is 0.493 e. The molecule has 1 aliphatic carbocycles. The molecule has 1 aromatic carbocycles. The number of methoxy groups -OCH3 is 2. The minimum absolute atomic E-state index is 0.580. The zero-order valence-electron chi connectivity index (χ0n) is 13.2. The molecule has 3 nitrogen and oxygen atoms in total. The second-order valence-corrected chi connectivity index (χ2v) is 5.98. The van der Waals surface area contributed by atoms with Crippen molar-refractivity contribution in [2.45, 2.75) is 52.0 Å². The van der Waals surface area contributed by atoms with E-state index in [0.717, 1.165) is 17.4 Å². The van der Waals surface area contributed by atoms with E-state index >= 15 is 0 Å². The van der Waals surface area contributed by atoms with Crippen LogP contribution in [0.3, 0.4) is 0 Å². The Labute approximate surface area is 122 Å². The van der Waals surface area contributed by atoms with Crippen LogP contribution in [0.15, 0.2) is 12.1 Å². The number of hydrogen-bond acceptors (Lipinski definition) is 3. The van der Waals surface area contributed by atoms with E-state index in [1.807, 2.05) is 6.07 Å². The molecule has 1 fully saturated rings. The number of anilines is 1. The molecule has 1 N–H and O–H groups in total. The molecule has 0 spiro atoms. The summed E-state index contributed by atoms with van der Waals surface area (Å²) in [6.07, 6.45) is 6.53. The molecule has 0 amide bonds. The van der Waals surface area contributed by atoms with Gasteiger partial charge in [-0.3, -0.25) is 0 Å². The van der Waals surface area contributed by atoms with Crippen LogP contribution in [0.25, 0.3) is 0 Å². The van der Waals surface area contributed by atoms with Crippen molar-refractivity contribution in [3.05, 3.63) is 17.7 Å². The van der Waals surface area contributed by atoms with Gasteiger partial charge < -0.3 is 14.8 Å². The van der Waals surface area contributed by atoms with Crippen LogP contribution in [-0.4, -0.2) is 20.3 Å². The minimum Gasteiger partial charge on any atom is -0.493 e. The third-order valence-corrected chi connectivity index (χ3v) is 4.35. The van der Waals surface area contributed by atoms with Gasteiger partial charge in [-0.05, 0) is 43.7 Å². The van der Waals surface area contributed by atoms with Gasteiger partial charge in [0.1, 0.15) is 0 Å². The Hall–Kier alpha value is -1.38. The summed E-state index contributed by atoms with van der Waals surface area (Å²) in [4.78, 5) is 0. The number of ether oxygens (including phenoxy) is 2. The highest BCUT2D eigenvalue weighted by atomic mass is 16.5. The Morgan fingerprint density at radius 2 is 1.70 bits per heavy atom. The average Bonchev–Trinajstić information content (AvgIpc) is 2.65. The lowest BCUT2D eigenvalue weighted by atomic mass is 10.0. The van der Waals surface area contributed by atoms with E-state index in [2.05, 4.69) is 25.2 Å². The summed E-state index contributed by atoms with van der Waals surface area (Å²) in [6.45, 7) is 4.48. The smallest absolute Gasteiger partial charge is 0.162 e. The second-order valence-electron chi connectivity index (χ2n) is 5.98. The van der Waals surface area contributed by atoms with Crippen molar-refractivity contribution in [3.63, 3.8) is 0 Å². The molecule has 0 heterocycles. The van der Waals surface area contributed by atoms with Gasteiger partial charge in [-0.25, -0.2) is 0 Å². The van der Waals surface area contributed by atoms with Crippen molar-refractivity contribution < 1.29 is 9.47 Å². The molecule has 0 bridgehead atoms. The summed E-state index contributed by atoms with van der Waals surface area (Å²) in [7, 11) is 3.36. The van der Waals surface area contributed by atoms with E-state index in [9.17, 15) is 0 Å². The van der Waals surface area contributed by atoms with E-state index in [4.69, 9.17) is 9.47 Å². The molecule has 0 radical (unpaired) electrons. The Bertz CT molecular complexity index is 445.